The summed E-state index contributed by atoms with van der Waals surface area (Å²) in [4.78, 5) is 50.4. The fourth-order valence-corrected chi connectivity index (χ4v) is 3.69. The molecular formula is C25H24ClF3N2O6. The van der Waals surface area contributed by atoms with Crippen LogP contribution in [0.25, 0.3) is 0 Å². The Labute approximate surface area is 215 Å². The Kier molecular flexibility index (Phi) is 9.14. The summed E-state index contributed by atoms with van der Waals surface area (Å²) in [5.41, 5.74) is -0.482. The number of rotatable bonds is 9. The molecule has 2 aromatic rings. The second-order valence-corrected chi connectivity index (χ2v) is 8.70. The molecule has 8 nitrogen and oxygen atoms in total. The summed E-state index contributed by atoms with van der Waals surface area (Å²) >= 11 is 5.84. The summed E-state index contributed by atoms with van der Waals surface area (Å²) in [5.74, 6) is -3.37. The van der Waals surface area contributed by atoms with E-state index >= 15 is 0 Å². The van der Waals surface area contributed by atoms with Crippen LogP contribution in [0.5, 0.6) is 0 Å². The van der Waals surface area contributed by atoms with Crippen LogP contribution in [-0.4, -0.2) is 43.5 Å². The number of benzene rings is 2. The van der Waals surface area contributed by atoms with Crippen LogP contribution in [0, 0.1) is 5.92 Å². The predicted molar refractivity (Wildman–Crippen MR) is 128 cm³/mol. The largest absolute Gasteiger partial charge is 0.462 e. The first-order chi connectivity index (χ1) is 17.5. The third-order valence-corrected chi connectivity index (χ3v) is 5.85. The van der Waals surface area contributed by atoms with Crippen molar-refractivity contribution in [1.82, 2.24) is 0 Å². The van der Waals surface area contributed by atoms with E-state index < -0.39 is 42.1 Å². The van der Waals surface area contributed by atoms with Crippen LogP contribution in [0.4, 0.5) is 24.5 Å². The minimum Gasteiger partial charge on any atom is -0.462 e. The van der Waals surface area contributed by atoms with E-state index in [1.54, 1.807) is 12.1 Å². The normalized spacial score (nSPS) is 15.4. The fraction of sp³-hybridized carbons (Fsp3) is 0.360. The smallest absolute Gasteiger partial charge is 0.416 e. The number of halogens is 4. The number of nitrogens with one attached hydrogen (secondary N) is 1. The Hall–Kier alpha value is -3.60. The van der Waals surface area contributed by atoms with Gasteiger partial charge in [-0.05, 0) is 48.9 Å². The number of carbonyl (C=O) groups excluding carboxylic acids is 4. The first kappa shape index (κ1) is 28.0. The van der Waals surface area contributed by atoms with Gasteiger partial charge in [0.2, 0.25) is 5.91 Å². The van der Waals surface area contributed by atoms with Crippen molar-refractivity contribution in [2.45, 2.75) is 32.4 Å². The Bertz CT molecular complexity index is 1170. The van der Waals surface area contributed by atoms with E-state index in [-0.39, 0.29) is 29.6 Å². The molecule has 198 valence electrons. The Morgan fingerprint density at radius 1 is 1.11 bits per heavy atom. The zero-order valence-electron chi connectivity index (χ0n) is 19.8. The zero-order valence-corrected chi connectivity index (χ0v) is 20.5. The highest BCUT2D eigenvalue weighted by Gasteiger charge is 2.36. The SMILES string of the molecule is CCCCOC(=O)c1ccc(N2C[C@H](C(=O)OCC(=O)Nc3cc(C(F)(F)F)ccc3Cl)CC2=O)cc1. The van der Waals surface area contributed by atoms with Crippen molar-refractivity contribution in [2.75, 3.05) is 30.0 Å². The molecule has 0 spiro atoms. The van der Waals surface area contributed by atoms with Crippen molar-refractivity contribution in [3.63, 3.8) is 0 Å². The molecule has 0 saturated carbocycles. The van der Waals surface area contributed by atoms with Crippen LogP contribution in [0.15, 0.2) is 42.5 Å². The lowest BCUT2D eigenvalue weighted by Crippen LogP contribution is -2.28. The monoisotopic (exact) mass is 540 g/mol. The lowest BCUT2D eigenvalue weighted by Gasteiger charge is -2.17. The van der Waals surface area contributed by atoms with Crippen LogP contribution >= 0.6 is 11.6 Å². The van der Waals surface area contributed by atoms with E-state index in [0.29, 0.717) is 23.9 Å². The van der Waals surface area contributed by atoms with Crippen LogP contribution in [-0.2, 0) is 30.0 Å². The van der Waals surface area contributed by atoms with Crippen molar-refractivity contribution >= 4 is 46.7 Å². The summed E-state index contributed by atoms with van der Waals surface area (Å²) < 4.78 is 48.8. The molecule has 1 aliphatic rings. The van der Waals surface area contributed by atoms with Gasteiger partial charge >= 0.3 is 18.1 Å². The lowest BCUT2D eigenvalue weighted by atomic mass is 10.1. The van der Waals surface area contributed by atoms with Gasteiger partial charge in [0.05, 0.1) is 34.4 Å². The van der Waals surface area contributed by atoms with Crippen molar-refractivity contribution in [3.05, 3.63) is 58.6 Å². The van der Waals surface area contributed by atoms with Gasteiger partial charge < -0.3 is 19.7 Å². The lowest BCUT2D eigenvalue weighted by molar-refractivity contribution is -0.151. The standard InChI is InChI=1S/C25H24ClF3N2O6/c1-2-3-10-36-23(34)15-4-7-18(8-5-15)31-13-16(11-22(31)33)24(35)37-14-21(32)30-20-12-17(25(27,28)29)6-9-19(20)26/h4-9,12,16H,2-3,10-11,13-14H2,1H3,(H,30,32)/t16-/m1/s1. The van der Waals surface area contributed by atoms with Crippen molar-refractivity contribution in [1.29, 1.82) is 0 Å². The maximum absolute atomic E-state index is 12.9. The highest BCUT2D eigenvalue weighted by Crippen LogP contribution is 2.34. The molecular weight excluding hydrogens is 517 g/mol. The summed E-state index contributed by atoms with van der Waals surface area (Å²) in [7, 11) is 0. The third-order valence-electron chi connectivity index (χ3n) is 5.52. The van der Waals surface area contributed by atoms with E-state index in [0.717, 1.165) is 25.0 Å². The molecule has 12 heteroatoms. The molecule has 0 radical (unpaired) electrons. The molecule has 37 heavy (non-hydrogen) atoms. The van der Waals surface area contributed by atoms with Crippen LogP contribution < -0.4 is 10.2 Å². The number of hydrogen-bond acceptors (Lipinski definition) is 6. The Morgan fingerprint density at radius 2 is 1.81 bits per heavy atom. The number of ether oxygens (including phenoxy) is 2. The molecule has 1 N–H and O–H groups in total. The van der Waals surface area contributed by atoms with E-state index in [4.69, 9.17) is 21.1 Å². The first-order valence-corrected chi connectivity index (χ1v) is 11.8. The Morgan fingerprint density at radius 3 is 2.46 bits per heavy atom. The van der Waals surface area contributed by atoms with Crippen LogP contribution in [0.1, 0.15) is 42.1 Å². The van der Waals surface area contributed by atoms with Crippen molar-refractivity contribution < 1.29 is 41.8 Å². The van der Waals surface area contributed by atoms with Gasteiger partial charge in [0, 0.05) is 18.7 Å². The number of anilines is 2. The second kappa shape index (κ2) is 12.1. The van der Waals surface area contributed by atoms with Crippen molar-refractivity contribution in [3.8, 4) is 0 Å². The van der Waals surface area contributed by atoms with E-state index in [1.807, 2.05) is 6.92 Å². The zero-order chi connectivity index (χ0) is 27.2. The maximum Gasteiger partial charge on any atom is 0.416 e. The number of hydrogen-bond donors (Lipinski definition) is 1. The summed E-state index contributed by atoms with van der Waals surface area (Å²) in [6, 6.07) is 8.60. The van der Waals surface area contributed by atoms with Gasteiger partial charge in [-0.25, -0.2) is 4.79 Å². The molecule has 0 aromatic heterocycles. The van der Waals surface area contributed by atoms with Crippen LogP contribution in [0.2, 0.25) is 5.02 Å². The van der Waals surface area contributed by atoms with E-state index in [2.05, 4.69) is 5.32 Å². The topological polar surface area (TPSA) is 102 Å². The minimum atomic E-state index is -4.63. The third kappa shape index (κ3) is 7.45. The first-order valence-electron chi connectivity index (χ1n) is 11.4. The minimum absolute atomic E-state index is 0.000957. The van der Waals surface area contributed by atoms with Gasteiger partial charge in [0.1, 0.15) is 0 Å². The van der Waals surface area contributed by atoms with Crippen molar-refractivity contribution in [2.24, 2.45) is 5.92 Å². The molecule has 0 unspecified atom stereocenters. The molecule has 1 aliphatic heterocycles. The van der Waals surface area contributed by atoms with E-state index in [1.165, 1.54) is 17.0 Å². The number of nitrogens with zero attached hydrogens (tertiary/aromatic N) is 1. The van der Waals surface area contributed by atoms with Gasteiger partial charge in [-0.1, -0.05) is 24.9 Å². The quantitative estimate of drug-likeness (QED) is 0.360. The summed E-state index contributed by atoms with van der Waals surface area (Å²) in [6.07, 6.45) is -3.14. The molecule has 2 amide bonds. The molecule has 1 heterocycles. The number of amides is 2. The van der Waals surface area contributed by atoms with Gasteiger partial charge in [-0.3, -0.25) is 14.4 Å². The molecule has 1 saturated heterocycles. The van der Waals surface area contributed by atoms with Gasteiger partial charge in [0.25, 0.3) is 5.91 Å². The average Bonchev–Trinajstić information content (AvgIpc) is 3.25. The molecule has 0 bridgehead atoms. The fourth-order valence-electron chi connectivity index (χ4n) is 3.52. The summed E-state index contributed by atoms with van der Waals surface area (Å²) in [6.45, 7) is 1.52. The Balaban J connectivity index is 1.53. The summed E-state index contributed by atoms with van der Waals surface area (Å²) in [5, 5.41) is 2.06. The highest BCUT2D eigenvalue weighted by molar-refractivity contribution is 6.33. The average molecular weight is 541 g/mol. The maximum atomic E-state index is 12.9. The number of alkyl halides is 3. The predicted octanol–water partition coefficient (Wildman–Crippen LogP) is 4.85. The molecule has 1 fully saturated rings. The molecule has 1 atom stereocenters. The highest BCUT2D eigenvalue weighted by atomic mass is 35.5. The van der Waals surface area contributed by atoms with E-state index in [9.17, 15) is 32.3 Å². The van der Waals surface area contributed by atoms with Gasteiger partial charge in [-0.15, -0.1) is 0 Å². The number of carbonyl (C=O) groups is 4. The molecule has 2 aromatic carbocycles. The number of esters is 2. The van der Waals surface area contributed by atoms with Crippen LogP contribution in [0.3, 0.4) is 0 Å². The molecule has 0 aliphatic carbocycles. The van der Waals surface area contributed by atoms with Gasteiger partial charge in [0.15, 0.2) is 6.61 Å². The number of unbranched alkanes of at least 4 members (excludes halogenated alkanes) is 1. The molecule has 3 rings (SSSR count). The second-order valence-electron chi connectivity index (χ2n) is 8.29. The van der Waals surface area contributed by atoms with Gasteiger partial charge in [-0.2, -0.15) is 13.2 Å².